The molecule has 0 unspecified atom stereocenters. The second-order valence-electron chi connectivity index (χ2n) is 5.47. The van der Waals surface area contributed by atoms with Gasteiger partial charge in [0.15, 0.2) is 0 Å². The molecule has 0 amide bonds. The monoisotopic (exact) mass is 328 g/mol. The minimum Gasteiger partial charge on any atom is -0.493 e. The standard InChI is InChI=1S/C17H28O4S/c1-4-6-8-12-20-17-14-16(11-10-15(17)3)22(18,19)21-13-9-7-5-2/h10-11,14H,4-9,12-13H2,1-3H3. The second-order valence-corrected chi connectivity index (χ2v) is 7.08. The lowest BCUT2D eigenvalue weighted by Gasteiger charge is -2.11. The largest absolute Gasteiger partial charge is 0.493 e. The summed E-state index contributed by atoms with van der Waals surface area (Å²) in [6, 6.07) is 4.90. The molecule has 1 aromatic rings. The van der Waals surface area contributed by atoms with Crippen LogP contribution in [0.15, 0.2) is 23.1 Å². The molecule has 0 aliphatic carbocycles. The number of unbranched alkanes of at least 4 members (excludes halogenated alkanes) is 4. The molecule has 4 nitrogen and oxygen atoms in total. The van der Waals surface area contributed by atoms with Crippen LogP contribution in [0, 0.1) is 6.92 Å². The molecule has 0 saturated carbocycles. The smallest absolute Gasteiger partial charge is 0.297 e. The number of hydrogen-bond donors (Lipinski definition) is 0. The normalized spacial score (nSPS) is 11.6. The molecule has 22 heavy (non-hydrogen) atoms. The highest BCUT2D eigenvalue weighted by Crippen LogP contribution is 2.24. The van der Waals surface area contributed by atoms with Crippen LogP contribution in [0.3, 0.4) is 0 Å². The zero-order valence-corrected chi connectivity index (χ0v) is 14.7. The van der Waals surface area contributed by atoms with Crippen molar-refractivity contribution in [2.24, 2.45) is 0 Å². The van der Waals surface area contributed by atoms with Crippen molar-refractivity contribution in [3.05, 3.63) is 23.8 Å². The molecule has 0 aromatic heterocycles. The first-order valence-corrected chi connectivity index (χ1v) is 9.55. The van der Waals surface area contributed by atoms with Crippen molar-refractivity contribution < 1.29 is 17.3 Å². The van der Waals surface area contributed by atoms with Crippen molar-refractivity contribution in [2.45, 2.75) is 64.2 Å². The molecule has 0 radical (unpaired) electrons. The van der Waals surface area contributed by atoms with Crippen LogP contribution < -0.4 is 4.74 Å². The Balaban J connectivity index is 2.69. The van der Waals surface area contributed by atoms with E-state index in [9.17, 15) is 8.42 Å². The predicted molar refractivity (Wildman–Crippen MR) is 88.9 cm³/mol. The molecule has 0 spiro atoms. The third-order valence-electron chi connectivity index (χ3n) is 3.44. The van der Waals surface area contributed by atoms with Crippen molar-refractivity contribution in [3.63, 3.8) is 0 Å². The summed E-state index contributed by atoms with van der Waals surface area (Å²) in [6.07, 6.45) is 5.96. The van der Waals surface area contributed by atoms with Crippen LogP contribution in [0.2, 0.25) is 0 Å². The maximum atomic E-state index is 12.2. The number of benzene rings is 1. The van der Waals surface area contributed by atoms with Crippen LogP contribution in [0.5, 0.6) is 5.75 Å². The second kappa shape index (κ2) is 9.85. The van der Waals surface area contributed by atoms with Gasteiger partial charge < -0.3 is 4.74 Å². The third-order valence-corrected chi connectivity index (χ3v) is 4.75. The topological polar surface area (TPSA) is 52.6 Å². The Bertz CT molecular complexity index is 538. The molecule has 0 fully saturated rings. The van der Waals surface area contributed by atoms with Gasteiger partial charge in [-0.1, -0.05) is 45.6 Å². The molecule has 0 atom stereocenters. The van der Waals surface area contributed by atoms with Crippen LogP contribution in [0.25, 0.3) is 0 Å². The van der Waals surface area contributed by atoms with E-state index in [1.807, 2.05) is 6.92 Å². The summed E-state index contributed by atoms with van der Waals surface area (Å²) in [7, 11) is -3.70. The first-order valence-electron chi connectivity index (χ1n) is 8.14. The Kier molecular flexibility index (Phi) is 8.49. The van der Waals surface area contributed by atoms with Crippen molar-refractivity contribution in [3.8, 4) is 5.75 Å². The Hall–Kier alpha value is -1.07. The average molecular weight is 328 g/mol. The summed E-state index contributed by atoms with van der Waals surface area (Å²) >= 11 is 0. The number of rotatable bonds is 11. The highest BCUT2D eigenvalue weighted by molar-refractivity contribution is 7.86. The minimum atomic E-state index is -3.70. The molecule has 0 aliphatic heterocycles. The SMILES string of the molecule is CCCCCOc1cc(S(=O)(=O)OCCCCC)ccc1C. The molecule has 0 bridgehead atoms. The zero-order valence-electron chi connectivity index (χ0n) is 13.9. The first kappa shape index (κ1) is 19.0. The van der Waals surface area contributed by atoms with Gasteiger partial charge in [0.2, 0.25) is 0 Å². The van der Waals surface area contributed by atoms with E-state index >= 15 is 0 Å². The van der Waals surface area contributed by atoms with Gasteiger partial charge in [-0.25, -0.2) is 0 Å². The molecule has 5 heteroatoms. The Labute approximate surface area is 135 Å². The number of aryl methyl sites for hydroxylation is 1. The van der Waals surface area contributed by atoms with Gasteiger partial charge in [-0.15, -0.1) is 0 Å². The Morgan fingerprint density at radius 3 is 2.23 bits per heavy atom. The quantitative estimate of drug-likeness (QED) is 0.444. The van der Waals surface area contributed by atoms with E-state index < -0.39 is 10.1 Å². The van der Waals surface area contributed by atoms with E-state index in [2.05, 4.69) is 13.8 Å². The molecular weight excluding hydrogens is 300 g/mol. The lowest BCUT2D eigenvalue weighted by Crippen LogP contribution is -2.08. The minimum absolute atomic E-state index is 0.167. The van der Waals surface area contributed by atoms with Gasteiger partial charge in [0.05, 0.1) is 18.1 Å². The highest BCUT2D eigenvalue weighted by Gasteiger charge is 2.16. The Morgan fingerprint density at radius 2 is 1.59 bits per heavy atom. The van der Waals surface area contributed by atoms with Gasteiger partial charge in [-0.2, -0.15) is 8.42 Å². The first-order chi connectivity index (χ1) is 10.5. The maximum absolute atomic E-state index is 12.2. The molecule has 0 N–H and O–H groups in total. The molecule has 0 saturated heterocycles. The van der Waals surface area contributed by atoms with Gasteiger partial charge in [0.1, 0.15) is 5.75 Å². The van der Waals surface area contributed by atoms with Crippen LogP contribution in [0.1, 0.15) is 57.9 Å². The van der Waals surface area contributed by atoms with Gasteiger partial charge in [-0.05, 0) is 31.4 Å². The predicted octanol–water partition coefficient (Wildman–Crippen LogP) is 4.46. The molecular formula is C17H28O4S. The number of ether oxygens (including phenoxy) is 1. The fourth-order valence-electron chi connectivity index (χ4n) is 2.01. The zero-order chi connectivity index (χ0) is 16.4. The number of hydrogen-bond acceptors (Lipinski definition) is 4. The summed E-state index contributed by atoms with van der Waals surface area (Å²) in [5.74, 6) is 0.620. The molecule has 0 aliphatic rings. The molecule has 126 valence electrons. The highest BCUT2D eigenvalue weighted by atomic mass is 32.2. The van der Waals surface area contributed by atoms with Gasteiger partial charge in [0, 0.05) is 6.07 Å². The lowest BCUT2D eigenvalue weighted by molar-refractivity contribution is 0.299. The summed E-state index contributed by atoms with van der Waals surface area (Å²) in [6.45, 7) is 6.95. The molecule has 1 rings (SSSR count). The van der Waals surface area contributed by atoms with E-state index in [1.165, 1.54) is 0 Å². The van der Waals surface area contributed by atoms with E-state index in [4.69, 9.17) is 8.92 Å². The molecule has 1 aromatic carbocycles. The summed E-state index contributed by atoms with van der Waals surface area (Å²) in [4.78, 5) is 0.167. The maximum Gasteiger partial charge on any atom is 0.297 e. The molecule has 0 heterocycles. The van der Waals surface area contributed by atoms with E-state index in [-0.39, 0.29) is 11.5 Å². The van der Waals surface area contributed by atoms with E-state index in [0.717, 1.165) is 44.1 Å². The summed E-state index contributed by atoms with van der Waals surface area (Å²) in [5.41, 5.74) is 0.932. The van der Waals surface area contributed by atoms with Crippen LogP contribution in [-0.2, 0) is 14.3 Å². The van der Waals surface area contributed by atoms with E-state index in [0.29, 0.717) is 12.4 Å². The fourth-order valence-corrected chi connectivity index (χ4v) is 2.97. The van der Waals surface area contributed by atoms with Crippen molar-refractivity contribution in [1.29, 1.82) is 0 Å². The summed E-state index contributed by atoms with van der Waals surface area (Å²) < 4.78 is 35.1. The van der Waals surface area contributed by atoms with Gasteiger partial charge >= 0.3 is 0 Å². The lowest BCUT2D eigenvalue weighted by atomic mass is 10.2. The average Bonchev–Trinajstić information content (AvgIpc) is 2.49. The fraction of sp³-hybridized carbons (Fsp3) is 0.647. The van der Waals surface area contributed by atoms with Crippen molar-refractivity contribution in [1.82, 2.24) is 0 Å². The van der Waals surface area contributed by atoms with Gasteiger partial charge in [0.25, 0.3) is 10.1 Å². The van der Waals surface area contributed by atoms with Crippen LogP contribution >= 0.6 is 0 Å². The van der Waals surface area contributed by atoms with Crippen molar-refractivity contribution in [2.75, 3.05) is 13.2 Å². The third kappa shape index (κ3) is 6.36. The van der Waals surface area contributed by atoms with Crippen LogP contribution in [-0.4, -0.2) is 21.6 Å². The Morgan fingerprint density at radius 1 is 0.955 bits per heavy atom. The van der Waals surface area contributed by atoms with Gasteiger partial charge in [-0.3, -0.25) is 4.18 Å². The van der Waals surface area contributed by atoms with Crippen molar-refractivity contribution >= 4 is 10.1 Å². The van der Waals surface area contributed by atoms with E-state index in [1.54, 1.807) is 18.2 Å². The van der Waals surface area contributed by atoms with Crippen LogP contribution in [0.4, 0.5) is 0 Å². The summed E-state index contributed by atoms with van der Waals surface area (Å²) in [5, 5.41) is 0.